The number of anilines is 3. The highest BCUT2D eigenvalue weighted by atomic mass is 19.1. The molecule has 0 spiro atoms. The first-order valence-corrected chi connectivity index (χ1v) is 7.75. The Labute approximate surface area is 140 Å². The molecule has 0 atom stereocenters. The Kier molecular flexibility index (Phi) is 4.70. The van der Waals surface area contributed by atoms with Gasteiger partial charge in [0.25, 0.3) is 0 Å². The minimum absolute atomic E-state index is 0.229. The number of halogens is 1. The Hall–Kier alpha value is -2.95. The van der Waals surface area contributed by atoms with Crippen LogP contribution in [-0.2, 0) is 6.54 Å². The number of hydrogen-bond acceptors (Lipinski definition) is 4. The molecule has 0 fully saturated rings. The van der Waals surface area contributed by atoms with Gasteiger partial charge in [-0.25, -0.2) is 14.4 Å². The molecule has 2 aromatic carbocycles. The van der Waals surface area contributed by atoms with Crippen LogP contribution >= 0.6 is 0 Å². The van der Waals surface area contributed by atoms with Crippen LogP contribution in [-0.4, -0.2) is 9.97 Å². The summed E-state index contributed by atoms with van der Waals surface area (Å²) in [6.45, 7) is 4.46. The topological polar surface area (TPSA) is 49.8 Å². The average Bonchev–Trinajstić information content (AvgIpc) is 2.58. The molecule has 3 rings (SSSR count). The van der Waals surface area contributed by atoms with Crippen LogP contribution in [0.3, 0.4) is 0 Å². The highest BCUT2D eigenvalue weighted by Gasteiger charge is 2.04. The maximum absolute atomic E-state index is 13.7. The van der Waals surface area contributed by atoms with E-state index in [4.69, 9.17) is 0 Å². The van der Waals surface area contributed by atoms with E-state index in [1.54, 1.807) is 12.1 Å². The van der Waals surface area contributed by atoms with E-state index >= 15 is 0 Å². The Morgan fingerprint density at radius 3 is 2.58 bits per heavy atom. The fourth-order valence-corrected chi connectivity index (χ4v) is 2.36. The van der Waals surface area contributed by atoms with Crippen molar-refractivity contribution in [1.82, 2.24) is 9.97 Å². The van der Waals surface area contributed by atoms with Crippen LogP contribution in [0.5, 0.6) is 0 Å². The Balaban J connectivity index is 1.72. The van der Waals surface area contributed by atoms with Gasteiger partial charge in [0.1, 0.15) is 23.8 Å². The van der Waals surface area contributed by atoms with E-state index in [2.05, 4.69) is 38.8 Å². The lowest BCUT2D eigenvalue weighted by Gasteiger charge is -2.11. The van der Waals surface area contributed by atoms with Gasteiger partial charge in [-0.3, -0.25) is 0 Å². The number of benzene rings is 2. The molecule has 0 saturated heterocycles. The molecule has 4 nitrogen and oxygen atoms in total. The van der Waals surface area contributed by atoms with Gasteiger partial charge in [0, 0.05) is 23.9 Å². The van der Waals surface area contributed by atoms with Crippen molar-refractivity contribution in [3.63, 3.8) is 0 Å². The second-order valence-electron chi connectivity index (χ2n) is 5.68. The summed E-state index contributed by atoms with van der Waals surface area (Å²) in [4.78, 5) is 8.42. The molecule has 0 aliphatic rings. The van der Waals surface area contributed by atoms with E-state index in [-0.39, 0.29) is 5.82 Å². The highest BCUT2D eigenvalue weighted by Crippen LogP contribution is 2.21. The fourth-order valence-electron chi connectivity index (χ4n) is 2.36. The van der Waals surface area contributed by atoms with Gasteiger partial charge in [0.2, 0.25) is 0 Å². The van der Waals surface area contributed by atoms with Crippen LogP contribution < -0.4 is 10.6 Å². The summed E-state index contributed by atoms with van der Waals surface area (Å²) in [5.41, 5.74) is 3.92. The average molecular weight is 322 g/mol. The van der Waals surface area contributed by atoms with E-state index < -0.39 is 0 Å². The summed E-state index contributed by atoms with van der Waals surface area (Å²) in [5.74, 6) is 1.10. The molecule has 0 unspecified atom stereocenters. The van der Waals surface area contributed by atoms with Gasteiger partial charge in [-0.05, 0) is 37.1 Å². The molecule has 1 heterocycles. The smallest absolute Gasteiger partial charge is 0.135 e. The molecule has 0 aliphatic carbocycles. The second-order valence-corrected chi connectivity index (χ2v) is 5.68. The fraction of sp³-hybridized carbons (Fsp3) is 0.158. The third-order valence-corrected chi connectivity index (χ3v) is 3.74. The van der Waals surface area contributed by atoms with Gasteiger partial charge in [-0.15, -0.1) is 0 Å². The summed E-state index contributed by atoms with van der Waals surface area (Å²) >= 11 is 0. The van der Waals surface area contributed by atoms with E-state index in [0.29, 0.717) is 23.7 Å². The Morgan fingerprint density at radius 2 is 1.75 bits per heavy atom. The van der Waals surface area contributed by atoms with Crippen molar-refractivity contribution >= 4 is 17.3 Å². The van der Waals surface area contributed by atoms with E-state index in [1.807, 2.05) is 26.0 Å². The summed E-state index contributed by atoms with van der Waals surface area (Å²) in [5, 5.41) is 6.42. The van der Waals surface area contributed by atoms with Crippen molar-refractivity contribution in [1.29, 1.82) is 0 Å². The molecule has 2 N–H and O–H groups in total. The first-order chi connectivity index (χ1) is 11.6. The monoisotopic (exact) mass is 322 g/mol. The van der Waals surface area contributed by atoms with Crippen molar-refractivity contribution in [3.8, 4) is 0 Å². The molecule has 0 amide bonds. The molecule has 1 aromatic heterocycles. The van der Waals surface area contributed by atoms with E-state index in [0.717, 1.165) is 11.3 Å². The van der Waals surface area contributed by atoms with Gasteiger partial charge in [-0.2, -0.15) is 0 Å². The van der Waals surface area contributed by atoms with Crippen LogP contribution in [0, 0.1) is 19.7 Å². The third-order valence-electron chi connectivity index (χ3n) is 3.74. The number of rotatable bonds is 5. The van der Waals surface area contributed by atoms with Crippen LogP contribution in [0.2, 0.25) is 0 Å². The van der Waals surface area contributed by atoms with Gasteiger partial charge >= 0.3 is 0 Å². The number of nitrogens with one attached hydrogen (secondary N) is 2. The SMILES string of the molecule is Cc1ccc(C)c(Nc2cc(NCc3ccccc3F)ncn2)c1. The van der Waals surface area contributed by atoms with Crippen LogP contribution in [0.4, 0.5) is 21.7 Å². The zero-order valence-electron chi connectivity index (χ0n) is 13.7. The molecule has 0 saturated carbocycles. The molecule has 122 valence electrons. The second kappa shape index (κ2) is 7.08. The number of nitrogens with zero attached hydrogens (tertiary/aromatic N) is 2. The van der Waals surface area contributed by atoms with Gasteiger partial charge < -0.3 is 10.6 Å². The predicted octanol–water partition coefficient (Wildman–Crippen LogP) is 4.59. The first-order valence-electron chi connectivity index (χ1n) is 7.75. The molecular weight excluding hydrogens is 303 g/mol. The lowest BCUT2D eigenvalue weighted by atomic mass is 10.1. The minimum Gasteiger partial charge on any atom is -0.366 e. The molecule has 3 aromatic rings. The summed E-state index contributed by atoms with van der Waals surface area (Å²) in [7, 11) is 0. The number of aromatic nitrogens is 2. The lowest BCUT2D eigenvalue weighted by Crippen LogP contribution is -2.04. The quantitative estimate of drug-likeness (QED) is 0.721. The van der Waals surface area contributed by atoms with Crippen LogP contribution in [0.1, 0.15) is 16.7 Å². The lowest BCUT2D eigenvalue weighted by molar-refractivity contribution is 0.613. The molecule has 24 heavy (non-hydrogen) atoms. The summed E-state index contributed by atoms with van der Waals surface area (Å²) in [6.07, 6.45) is 1.48. The number of aryl methyl sites for hydroxylation is 2. The maximum atomic E-state index is 13.7. The molecule has 0 aliphatic heterocycles. The standard InChI is InChI=1S/C19H19FN4/c1-13-7-8-14(2)17(9-13)24-19-10-18(22-12-23-19)21-11-15-5-3-4-6-16(15)20/h3-10,12H,11H2,1-2H3,(H2,21,22,23,24). The van der Waals surface area contributed by atoms with Gasteiger partial charge in [0.15, 0.2) is 0 Å². The Bertz CT molecular complexity index is 848. The van der Waals surface area contributed by atoms with Crippen molar-refractivity contribution < 1.29 is 4.39 Å². The highest BCUT2D eigenvalue weighted by molar-refractivity contribution is 5.63. The Morgan fingerprint density at radius 1 is 0.958 bits per heavy atom. The van der Waals surface area contributed by atoms with E-state index in [1.165, 1.54) is 18.0 Å². The van der Waals surface area contributed by atoms with E-state index in [9.17, 15) is 4.39 Å². The largest absolute Gasteiger partial charge is 0.366 e. The minimum atomic E-state index is -0.229. The van der Waals surface area contributed by atoms with Crippen molar-refractivity contribution in [3.05, 3.63) is 77.4 Å². The van der Waals surface area contributed by atoms with Gasteiger partial charge in [0.05, 0.1) is 0 Å². The number of hydrogen-bond donors (Lipinski definition) is 2. The zero-order chi connectivity index (χ0) is 16.9. The molecular formula is C19H19FN4. The molecule has 0 radical (unpaired) electrons. The van der Waals surface area contributed by atoms with Crippen molar-refractivity contribution in [2.75, 3.05) is 10.6 Å². The predicted molar refractivity (Wildman–Crippen MR) is 95.0 cm³/mol. The van der Waals surface area contributed by atoms with Crippen molar-refractivity contribution in [2.24, 2.45) is 0 Å². The van der Waals surface area contributed by atoms with Crippen LogP contribution in [0.25, 0.3) is 0 Å². The van der Waals surface area contributed by atoms with Gasteiger partial charge in [-0.1, -0.05) is 30.3 Å². The molecule has 5 heteroatoms. The summed E-state index contributed by atoms with van der Waals surface area (Å²) in [6, 6.07) is 14.7. The summed E-state index contributed by atoms with van der Waals surface area (Å²) < 4.78 is 13.7. The maximum Gasteiger partial charge on any atom is 0.135 e. The zero-order valence-corrected chi connectivity index (χ0v) is 13.7. The first kappa shape index (κ1) is 15.9. The molecule has 0 bridgehead atoms. The third kappa shape index (κ3) is 3.87. The van der Waals surface area contributed by atoms with Crippen LogP contribution in [0.15, 0.2) is 54.9 Å². The normalized spacial score (nSPS) is 10.5. The van der Waals surface area contributed by atoms with Crippen molar-refractivity contribution in [2.45, 2.75) is 20.4 Å².